The number of rotatable bonds is 8. The number of benzene rings is 1. The van der Waals surface area contributed by atoms with E-state index in [1.165, 1.54) is 30.5 Å². The molecule has 0 aliphatic heterocycles. The average Bonchev–Trinajstić information content (AvgIpc) is 3.05. The number of oxazole rings is 1. The molecule has 0 saturated heterocycles. The lowest BCUT2D eigenvalue weighted by atomic mass is 9.82. The first-order valence-corrected chi connectivity index (χ1v) is 8.10. The van der Waals surface area contributed by atoms with Crippen LogP contribution >= 0.6 is 0 Å². The Kier molecular flexibility index (Phi) is 5.90. The van der Waals surface area contributed by atoms with Crippen molar-refractivity contribution in [2.24, 2.45) is 5.41 Å². The Morgan fingerprint density at radius 3 is 2.44 bits per heavy atom. The summed E-state index contributed by atoms with van der Waals surface area (Å²) in [6.45, 7) is 3.64. The fourth-order valence-electron chi connectivity index (χ4n) is 2.49. The molecule has 0 aliphatic carbocycles. The zero-order valence-electron chi connectivity index (χ0n) is 14.2. The normalized spacial score (nSPS) is 11.3. The molecular weight excluding hydrogens is 327 g/mol. The molecule has 2 aromatic rings. The van der Waals surface area contributed by atoms with Crippen molar-refractivity contribution < 1.29 is 23.5 Å². The minimum atomic E-state index is -0.960. The van der Waals surface area contributed by atoms with Crippen molar-refractivity contribution in [3.8, 4) is 11.5 Å². The number of carboxylic acids is 1. The van der Waals surface area contributed by atoms with Crippen molar-refractivity contribution >= 4 is 11.9 Å². The van der Waals surface area contributed by atoms with Crippen LogP contribution in [0.15, 0.2) is 34.9 Å². The number of hydrogen-bond acceptors (Lipinski definition) is 4. The summed E-state index contributed by atoms with van der Waals surface area (Å²) in [5.41, 5.74) is 0.0688. The third kappa shape index (κ3) is 4.43. The van der Waals surface area contributed by atoms with Crippen molar-refractivity contribution in [1.29, 1.82) is 0 Å². The van der Waals surface area contributed by atoms with Crippen LogP contribution in [0.5, 0.6) is 0 Å². The molecule has 134 valence electrons. The molecule has 1 amide bonds. The SMILES string of the molecule is CCC(CC)(CNC(=O)Cc1coc(-c2ccc(F)cc2)n1)C(=O)O. The first-order valence-electron chi connectivity index (χ1n) is 8.10. The van der Waals surface area contributed by atoms with E-state index in [1.54, 1.807) is 13.8 Å². The van der Waals surface area contributed by atoms with E-state index in [4.69, 9.17) is 4.42 Å². The summed E-state index contributed by atoms with van der Waals surface area (Å²) in [6.07, 6.45) is 2.20. The Morgan fingerprint density at radius 1 is 1.24 bits per heavy atom. The molecule has 0 bridgehead atoms. The number of nitrogens with zero attached hydrogens (tertiary/aromatic N) is 1. The summed E-state index contributed by atoms with van der Waals surface area (Å²) in [5.74, 6) is -1.31. The van der Waals surface area contributed by atoms with Gasteiger partial charge in [-0.3, -0.25) is 9.59 Å². The van der Waals surface area contributed by atoms with Crippen LogP contribution in [0.4, 0.5) is 4.39 Å². The highest BCUT2D eigenvalue weighted by atomic mass is 19.1. The zero-order valence-corrected chi connectivity index (χ0v) is 14.2. The minimum absolute atomic E-state index is 0.0200. The number of nitrogens with one attached hydrogen (secondary N) is 1. The molecule has 7 heteroatoms. The minimum Gasteiger partial charge on any atom is -0.481 e. The van der Waals surface area contributed by atoms with Gasteiger partial charge < -0.3 is 14.8 Å². The fourth-order valence-corrected chi connectivity index (χ4v) is 2.49. The van der Waals surface area contributed by atoms with Crippen molar-refractivity contribution in [1.82, 2.24) is 10.3 Å². The molecular formula is C18H21FN2O4. The quantitative estimate of drug-likeness (QED) is 0.765. The van der Waals surface area contributed by atoms with Crippen LogP contribution < -0.4 is 5.32 Å². The number of aromatic nitrogens is 1. The molecule has 0 aliphatic rings. The molecule has 1 heterocycles. The average molecular weight is 348 g/mol. The van der Waals surface area contributed by atoms with E-state index in [1.807, 2.05) is 0 Å². The van der Waals surface area contributed by atoms with Crippen molar-refractivity contribution in [2.45, 2.75) is 33.1 Å². The summed E-state index contributed by atoms with van der Waals surface area (Å²) in [4.78, 5) is 27.7. The molecule has 1 aromatic heterocycles. The van der Waals surface area contributed by atoms with Gasteiger partial charge in [-0.05, 0) is 37.1 Å². The largest absolute Gasteiger partial charge is 0.481 e. The lowest BCUT2D eigenvalue weighted by Gasteiger charge is -2.26. The standard InChI is InChI=1S/C18H21FN2O4/c1-3-18(4-2,17(23)24)11-20-15(22)9-14-10-25-16(21-14)12-5-7-13(19)8-6-12/h5-8,10H,3-4,9,11H2,1-2H3,(H,20,22)(H,23,24). The first-order chi connectivity index (χ1) is 11.9. The molecule has 0 saturated carbocycles. The van der Waals surface area contributed by atoms with Gasteiger partial charge >= 0.3 is 5.97 Å². The predicted octanol–water partition coefficient (Wildman–Crippen LogP) is 3.03. The molecule has 6 nitrogen and oxygen atoms in total. The Bertz CT molecular complexity index is 736. The van der Waals surface area contributed by atoms with Gasteiger partial charge in [0.1, 0.15) is 12.1 Å². The van der Waals surface area contributed by atoms with Crippen LogP contribution in [0.1, 0.15) is 32.4 Å². The van der Waals surface area contributed by atoms with E-state index in [9.17, 15) is 19.1 Å². The molecule has 0 fully saturated rings. The molecule has 2 rings (SSSR count). The third-order valence-electron chi connectivity index (χ3n) is 4.42. The number of carbonyl (C=O) groups is 2. The van der Waals surface area contributed by atoms with E-state index in [2.05, 4.69) is 10.3 Å². The zero-order chi connectivity index (χ0) is 18.4. The molecule has 0 unspecified atom stereocenters. The van der Waals surface area contributed by atoms with Gasteiger partial charge in [-0.15, -0.1) is 0 Å². The van der Waals surface area contributed by atoms with Gasteiger partial charge in [-0.1, -0.05) is 13.8 Å². The highest BCUT2D eigenvalue weighted by Gasteiger charge is 2.35. The van der Waals surface area contributed by atoms with E-state index in [0.717, 1.165) is 0 Å². The molecule has 0 radical (unpaired) electrons. The van der Waals surface area contributed by atoms with Crippen LogP contribution in [0.25, 0.3) is 11.5 Å². The van der Waals surface area contributed by atoms with Gasteiger partial charge in [0.2, 0.25) is 11.8 Å². The topological polar surface area (TPSA) is 92.4 Å². The maximum Gasteiger partial charge on any atom is 0.311 e. The molecule has 0 atom stereocenters. The lowest BCUT2D eigenvalue weighted by molar-refractivity contribution is -0.149. The van der Waals surface area contributed by atoms with Gasteiger partial charge in [0.25, 0.3) is 0 Å². The van der Waals surface area contributed by atoms with Gasteiger partial charge in [0, 0.05) is 12.1 Å². The van der Waals surface area contributed by atoms with Crippen LogP contribution in [0.3, 0.4) is 0 Å². The predicted molar refractivity (Wildman–Crippen MR) is 89.3 cm³/mol. The van der Waals surface area contributed by atoms with Gasteiger partial charge in [0.05, 0.1) is 17.5 Å². The number of carbonyl (C=O) groups excluding carboxylic acids is 1. The maximum atomic E-state index is 12.9. The van der Waals surface area contributed by atoms with Crippen molar-refractivity contribution in [2.75, 3.05) is 6.54 Å². The van der Waals surface area contributed by atoms with Crippen LogP contribution in [0, 0.1) is 11.2 Å². The third-order valence-corrected chi connectivity index (χ3v) is 4.42. The first kappa shape index (κ1) is 18.6. The second-order valence-electron chi connectivity index (χ2n) is 5.90. The van der Waals surface area contributed by atoms with Crippen LogP contribution in [0.2, 0.25) is 0 Å². The number of halogens is 1. The number of hydrogen-bond donors (Lipinski definition) is 2. The number of aliphatic carboxylic acids is 1. The Labute approximate surface area is 145 Å². The summed E-state index contributed by atoms with van der Waals surface area (Å²) in [7, 11) is 0. The maximum absolute atomic E-state index is 12.9. The van der Waals surface area contributed by atoms with Crippen molar-refractivity contribution in [3.63, 3.8) is 0 Å². The van der Waals surface area contributed by atoms with E-state index < -0.39 is 11.4 Å². The second-order valence-corrected chi connectivity index (χ2v) is 5.90. The van der Waals surface area contributed by atoms with Crippen molar-refractivity contribution in [3.05, 3.63) is 42.0 Å². The Morgan fingerprint density at radius 2 is 1.88 bits per heavy atom. The highest BCUT2D eigenvalue weighted by Crippen LogP contribution is 2.25. The van der Waals surface area contributed by atoms with E-state index in [-0.39, 0.29) is 24.7 Å². The molecule has 0 spiro atoms. The van der Waals surface area contributed by atoms with Crippen LogP contribution in [-0.2, 0) is 16.0 Å². The monoisotopic (exact) mass is 348 g/mol. The van der Waals surface area contributed by atoms with Crippen LogP contribution in [-0.4, -0.2) is 28.5 Å². The Balaban J connectivity index is 1.97. The number of amides is 1. The second kappa shape index (κ2) is 7.92. The molecule has 25 heavy (non-hydrogen) atoms. The van der Waals surface area contributed by atoms with E-state index in [0.29, 0.717) is 30.0 Å². The smallest absolute Gasteiger partial charge is 0.311 e. The summed E-state index contributed by atoms with van der Waals surface area (Å²) in [6, 6.07) is 5.67. The Hall–Kier alpha value is -2.70. The summed E-state index contributed by atoms with van der Waals surface area (Å²) in [5, 5.41) is 12.0. The summed E-state index contributed by atoms with van der Waals surface area (Å²) < 4.78 is 18.2. The molecule has 1 aromatic carbocycles. The van der Waals surface area contributed by atoms with Gasteiger partial charge in [-0.2, -0.15) is 0 Å². The summed E-state index contributed by atoms with van der Waals surface area (Å²) >= 11 is 0. The molecule has 2 N–H and O–H groups in total. The van der Waals surface area contributed by atoms with E-state index >= 15 is 0 Å². The van der Waals surface area contributed by atoms with Gasteiger partial charge in [0.15, 0.2) is 0 Å². The lowest BCUT2D eigenvalue weighted by Crippen LogP contribution is -2.42. The van der Waals surface area contributed by atoms with Gasteiger partial charge in [-0.25, -0.2) is 9.37 Å². The fraction of sp³-hybridized carbons (Fsp3) is 0.389. The number of carboxylic acid groups (broad SMARTS) is 1. The highest BCUT2D eigenvalue weighted by molar-refractivity contribution is 5.80.